The van der Waals surface area contributed by atoms with Gasteiger partial charge in [-0.05, 0) is 62.6 Å². The van der Waals surface area contributed by atoms with Crippen LogP contribution in [0.3, 0.4) is 0 Å². The van der Waals surface area contributed by atoms with Gasteiger partial charge in [0.15, 0.2) is 0 Å². The number of amides is 1. The molecule has 1 aliphatic rings. The lowest BCUT2D eigenvalue weighted by atomic mass is 9.89. The number of aliphatic hydroxyl groups is 2. The molecule has 0 aliphatic heterocycles. The maximum absolute atomic E-state index is 12.8. The summed E-state index contributed by atoms with van der Waals surface area (Å²) >= 11 is 0. The van der Waals surface area contributed by atoms with E-state index in [0.717, 1.165) is 19.3 Å². The number of hydrogen-bond donors (Lipinski definition) is 3. The van der Waals surface area contributed by atoms with Crippen molar-refractivity contribution >= 4 is 11.9 Å². The average molecular weight is 520 g/mol. The van der Waals surface area contributed by atoms with Crippen LogP contribution in [0.4, 0.5) is 0 Å². The summed E-state index contributed by atoms with van der Waals surface area (Å²) in [5, 5.41) is 24.3. The van der Waals surface area contributed by atoms with Gasteiger partial charge < -0.3 is 20.3 Å². The van der Waals surface area contributed by atoms with Crippen LogP contribution < -0.4 is 5.32 Å². The Bertz CT molecular complexity index is 1040. The number of rotatable bonds is 14. The summed E-state index contributed by atoms with van der Waals surface area (Å²) < 4.78 is 5.87. The van der Waals surface area contributed by atoms with Crippen LogP contribution in [-0.2, 0) is 16.0 Å². The van der Waals surface area contributed by atoms with Crippen molar-refractivity contribution in [2.24, 2.45) is 11.8 Å². The van der Waals surface area contributed by atoms with Crippen molar-refractivity contribution in [2.75, 3.05) is 6.54 Å². The Morgan fingerprint density at radius 1 is 1.08 bits per heavy atom. The number of benzene rings is 2. The first-order chi connectivity index (χ1) is 18.5. The summed E-state index contributed by atoms with van der Waals surface area (Å²) in [5.41, 5.74) is 1.64. The normalized spacial score (nSPS) is 22.1. The first-order valence-electron chi connectivity index (χ1n) is 13.7. The van der Waals surface area contributed by atoms with Crippen molar-refractivity contribution in [3.63, 3.8) is 0 Å². The Hall–Kier alpha value is -3.22. The third-order valence-electron chi connectivity index (χ3n) is 7.01. The van der Waals surface area contributed by atoms with E-state index < -0.39 is 24.3 Å². The summed E-state index contributed by atoms with van der Waals surface area (Å²) in [5.74, 6) is -0.705. The van der Waals surface area contributed by atoms with Gasteiger partial charge in [0.25, 0.3) is 0 Å². The van der Waals surface area contributed by atoms with Crippen LogP contribution in [0.5, 0.6) is 0 Å². The topological polar surface area (TPSA) is 95.9 Å². The molecule has 204 valence electrons. The fraction of sp³-hybridized carbons (Fsp3) is 0.438. The maximum atomic E-state index is 12.8. The highest BCUT2D eigenvalue weighted by Crippen LogP contribution is 2.38. The van der Waals surface area contributed by atoms with E-state index in [4.69, 9.17) is 4.74 Å². The molecule has 0 bridgehead atoms. The predicted molar refractivity (Wildman–Crippen MR) is 149 cm³/mol. The molecule has 0 saturated heterocycles. The van der Waals surface area contributed by atoms with Crippen molar-refractivity contribution in [1.82, 2.24) is 5.32 Å². The second-order valence-corrected chi connectivity index (χ2v) is 9.88. The minimum absolute atomic E-state index is 0.0613. The Kier molecular flexibility index (Phi) is 12.3. The van der Waals surface area contributed by atoms with Crippen molar-refractivity contribution in [2.45, 2.75) is 70.2 Å². The second kappa shape index (κ2) is 15.9. The second-order valence-electron chi connectivity index (χ2n) is 9.88. The van der Waals surface area contributed by atoms with Gasteiger partial charge in [-0.25, -0.2) is 4.79 Å². The van der Waals surface area contributed by atoms with Crippen LogP contribution in [0.25, 0.3) is 0 Å². The number of allylic oxidation sites excluding steroid dienone is 2. The quantitative estimate of drug-likeness (QED) is 0.185. The van der Waals surface area contributed by atoms with Gasteiger partial charge in [0.1, 0.15) is 6.10 Å². The van der Waals surface area contributed by atoms with Crippen LogP contribution in [0.2, 0.25) is 0 Å². The molecular formula is C32H41NO5. The monoisotopic (exact) mass is 519 g/mol. The number of unbranched alkanes of at least 4 members (excludes halogenated alkanes) is 1. The number of carbonyl (C=O) groups excluding carboxylic acids is 2. The van der Waals surface area contributed by atoms with Crippen molar-refractivity contribution in [3.05, 3.63) is 96.1 Å². The highest BCUT2D eigenvalue weighted by Gasteiger charge is 2.42. The van der Waals surface area contributed by atoms with Crippen LogP contribution in [0, 0.1) is 11.8 Å². The van der Waals surface area contributed by atoms with E-state index >= 15 is 0 Å². The summed E-state index contributed by atoms with van der Waals surface area (Å²) in [6.07, 6.45) is 10.4. The van der Waals surface area contributed by atoms with Crippen LogP contribution >= 0.6 is 0 Å². The van der Waals surface area contributed by atoms with E-state index in [-0.39, 0.29) is 17.7 Å². The van der Waals surface area contributed by atoms with Gasteiger partial charge in [-0.1, -0.05) is 72.8 Å². The molecule has 0 spiro atoms. The Morgan fingerprint density at radius 3 is 2.50 bits per heavy atom. The lowest BCUT2D eigenvalue weighted by Crippen LogP contribution is -2.25. The van der Waals surface area contributed by atoms with Crippen molar-refractivity contribution in [1.29, 1.82) is 0 Å². The number of carbonyl (C=O) groups is 2. The largest absolute Gasteiger partial charge is 0.458 e. The molecule has 3 N–H and O–H groups in total. The third-order valence-corrected chi connectivity index (χ3v) is 7.01. The minimum Gasteiger partial charge on any atom is -0.458 e. The Balaban J connectivity index is 1.62. The van der Waals surface area contributed by atoms with Gasteiger partial charge >= 0.3 is 5.97 Å². The molecule has 0 radical (unpaired) electrons. The first kappa shape index (κ1) is 29.3. The van der Waals surface area contributed by atoms with Gasteiger partial charge in [0, 0.05) is 25.3 Å². The molecule has 0 heterocycles. The summed E-state index contributed by atoms with van der Waals surface area (Å²) in [4.78, 5) is 24.4. The van der Waals surface area contributed by atoms with Crippen molar-refractivity contribution in [3.8, 4) is 0 Å². The van der Waals surface area contributed by atoms with Crippen LogP contribution in [-0.4, -0.2) is 46.9 Å². The zero-order valence-electron chi connectivity index (χ0n) is 22.2. The van der Waals surface area contributed by atoms with E-state index in [1.807, 2.05) is 61.5 Å². The standard InChI is InChI=1S/C32H41NO5/c1-2-33-31(36)18-12-4-3-11-17-27-28(22-21-26(34)20-19-24-13-7-5-8-14-24)30(23-29(27)35)38-32(37)25-15-9-6-10-16-25/h3,5-11,13-16,21-22,26-30,34-35H,2,4,12,17-20,23H2,1H3,(H,33,36)/t26-,27+,28+,29-,30+/m0/s1. The molecule has 2 aromatic carbocycles. The molecule has 0 unspecified atom stereocenters. The molecule has 0 aromatic heterocycles. The molecule has 1 aliphatic carbocycles. The van der Waals surface area contributed by atoms with E-state index in [2.05, 4.69) is 5.32 Å². The number of aryl methyl sites for hydroxylation is 1. The molecule has 38 heavy (non-hydrogen) atoms. The summed E-state index contributed by atoms with van der Waals surface area (Å²) in [7, 11) is 0. The zero-order valence-corrected chi connectivity index (χ0v) is 22.2. The fourth-order valence-corrected chi connectivity index (χ4v) is 4.94. The number of hydrogen-bond acceptors (Lipinski definition) is 5. The molecule has 1 saturated carbocycles. The maximum Gasteiger partial charge on any atom is 0.338 e. The Labute approximate surface area is 226 Å². The molecule has 1 fully saturated rings. The lowest BCUT2D eigenvalue weighted by molar-refractivity contribution is -0.121. The van der Waals surface area contributed by atoms with E-state index in [0.29, 0.717) is 37.8 Å². The smallest absolute Gasteiger partial charge is 0.338 e. The summed E-state index contributed by atoms with van der Waals surface area (Å²) in [6, 6.07) is 18.9. The molecule has 3 rings (SSSR count). The molecule has 5 atom stereocenters. The molecule has 6 nitrogen and oxygen atoms in total. The third kappa shape index (κ3) is 9.58. The van der Waals surface area contributed by atoms with E-state index in [1.54, 1.807) is 30.3 Å². The summed E-state index contributed by atoms with van der Waals surface area (Å²) in [6.45, 7) is 2.54. The fourth-order valence-electron chi connectivity index (χ4n) is 4.94. The van der Waals surface area contributed by atoms with Gasteiger partial charge in [-0.3, -0.25) is 4.79 Å². The molecule has 1 amide bonds. The van der Waals surface area contributed by atoms with Gasteiger partial charge in [0.2, 0.25) is 5.91 Å². The molecular weight excluding hydrogens is 478 g/mol. The van der Waals surface area contributed by atoms with Crippen LogP contribution in [0.1, 0.15) is 61.4 Å². The number of aliphatic hydroxyl groups excluding tert-OH is 2. The van der Waals surface area contributed by atoms with E-state index in [1.165, 1.54) is 5.56 Å². The number of ether oxygens (including phenoxy) is 1. The lowest BCUT2D eigenvalue weighted by Gasteiger charge is -2.22. The SMILES string of the molecule is CCNC(=O)CCCC=CC[C@@H]1[C@@H](C=C[C@@H](O)CCc2ccccc2)[C@H](OC(=O)c2ccccc2)C[C@@H]1O. The number of esters is 1. The zero-order chi connectivity index (χ0) is 27.2. The predicted octanol–water partition coefficient (Wildman–Crippen LogP) is 5.01. The number of nitrogens with one attached hydrogen (secondary N) is 1. The molecule has 2 aromatic rings. The van der Waals surface area contributed by atoms with Gasteiger partial charge in [0.05, 0.1) is 17.8 Å². The highest BCUT2D eigenvalue weighted by atomic mass is 16.5. The average Bonchev–Trinajstić information content (AvgIpc) is 3.22. The molecule has 6 heteroatoms. The minimum atomic E-state index is -0.635. The first-order valence-corrected chi connectivity index (χ1v) is 13.7. The van der Waals surface area contributed by atoms with Crippen LogP contribution in [0.15, 0.2) is 85.0 Å². The van der Waals surface area contributed by atoms with Crippen molar-refractivity contribution < 1.29 is 24.5 Å². The van der Waals surface area contributed by atoms with Gasteiger partial charge in [-0.2, -0.15) is 0 Å². The van der Waals surface area contributed by atoms with Gasteiger partial charge in [-0.15, -0.1) is 0 Å². The highest BCUT2D eigenvalue weighted by molar-refractivity contribution is 5.89. The van der Waals surface area contributed by atoms with E-state index in [9.17, 15) is 19.8 Å². The Morgan fingerprint density at radius 2 is 1.79 bits per heavy atom.